The number of ketones is 1. The van der Waals surface area contributed by atoms with E-state index in [0.717, 1.165) is 28.7 Å². The SMILES string of the molecule is CCC(CC)CNC(=O)Cn1cccc(NC(=O)C(CCC(=O)C(N)=O)NC(=O)c2scnc2C)c1=O. The molecule has 0 fully saturated rings. The average Bonchev–Trinajstić information content (AvgIpc) is 3.30. The summed E-state index contributed by atoms with van der Waals surface area (Å²) in [6, 6.07) is 1.60. The summed E-state index contributed by atoms with van der Waals surface area (Å²) in [6.45, 7) is 5.97. The maximum absolute atomic E-state index is 13.0. The van der Waals surface area contributed by atoms with Crippen molar-refractivity contribution >= 4 is 46.4 Å². The number of pyridine rings is 1. The Kier molecular flexibility index (Phi) is 11.1. The summed E-state index contributed by atoms with van der Waals surface area (Å²) < 4.78 is 1.16. The Labute approximate surface area is 218 Å². The van der Waals surface area contributed by atoms with Gasteiger partial charge in [-0.3, -0.25) is 28.8 Å². The molecule has 0 saturated heterocycles. The molecule has 200 valence electrons. The number of carbonyl (C=O) groups excluding carboxylic acids is 5. The maximum Gasteiger partial charge on any atom is 0.284 e. The van der Waals surface area contributed by atoms with Gasteiger partial charge in [-0.05, 0) is 31.4 Å². The summed E-state index contributed by atoms with van der Waals surface area (Å²) in [5, 5.41) is 7.78. The highest BCUT2D eigenvalue weighted by Crippen LogP contribution is 2.13. The normalized spacial score (nSPS) is 11.6. The molecule has 0 aliphatic rings. The van der Waals surface area contributed by atoms with Crippen molar-refractivity contribution in [2.75, 3.05) is 11.9 Å². The van der Waals surface area contributed by atoms with Crippen molar-refractivity contribution < 1.29 is 24.0 Å². The van der Waals surface area contributed by atoms with Gasteiger partial charge in [0, 0.05) is 19.2 Å². The van der Waals surface area contributed by atoms with Crippen LogP contribution in [0.2, 0.25) is 0 Å². The van der Waals surface area contributed by atoms with Gasteiger partial charge >= 0.3 is 0 Å². The highest BCUT2D eigenvalue weighted by atomic mass is 32.1. The van der Waals surface area contributed by atoms with E-state index in [1.807, 2.05) is 13.8 Å². The standard InChI is InChI=1S/C24H32N6O6S/c1-4-15(5-2)11-26-19(32)12-30-10-6-7-17(24(30)36)29-22(34)16(8-9-18(31)21(25)33)28-23(35)20-14(3)27-13-37-20/h6-7,10,13,15-16H,4-5,8-9,11-12H2,1-3H3,(H2,25,33)(H,26,32)(H,28,35)(H,29,34). The number of carbonyl (C=O) groups is 5. The van der Waals surface area contributed by atoms with Gasteiger partial charge in [-0.25, -0.2) is 4.98 Å². The lowest BCUT2D eigenvalue weighted by Crippen LogP contribution is -2.45. The molecule has 2 aromatic heterocycles. The third-order valence-corrected chi connectivity index (χ3v) is 6.77. The Morgan fingerprint density at radius 2 is 1.86 bits per heavy atom. The summed E-state index contributed by atoms with van der Waals surface area (Å²) in [4.78, 5) is 78.0. The second-order valence-electron chi connectivity index (χ2n) is 8.45. The zero-order valence-corrected chi connectivity index (χ0v) is 21.9. The molecule has 12 nitrogen and oxygen atoms in total. The van der Waals surface area contributed by atoms with Crippen molar-refractivity contribution in [1.82, 2.24) is 20.2 Å². The number of aryl methyl sites for hydroxylation is 1. The van der Waals surface area contributed by atoms with Crippen LogP contribution in [0.4, 0.5) is 5.69 Å². The van der Waals surface area contributed by atoms with Crippen molar-refractivity contribution in [3.8, 4) is 0 Å². The largest absolute Gasteiger partial charge is 0.363 e. The highest BCUT2D eigenvalue weighted by molar-refractivity contribution is 7.11. The molecule has 0 bridgehead atoms. The summed E-state index contributed by atoms with van der Waals surface area (Å²) in [7, 11) is 0. The molecule has 2 aromatic rings. The first kappa shape index (κ1) is 29.4. The third-order valence-electron chi connectivity index (χ3n) is 5.84. The number of thiazole rings is 1. The molecular weight excluding hydrogens is 500 g/mol. The fourth-order valence-electron chi connectivity index (χ4n) is 3.43. The molecule has 0 aliphatic heterocycles. The fraction of sp³-hybridized carbons (Fsp3) is 0.458. The number of amides is 4. The minimum atomic E-state index is -1.26. The van der Waals surface area contributed by atoms with Gasteiger partial charge in [0.25, 0.3) is 17.4 Å². The number of nitrogens with one attached hydrogen (secondary N) is 3. The Bertz CT molecular complexity index is 1200. The van der Waals surface area contributed by atoms with Crippen LogP contribution < -0.4 is 27.2 Å². The summed E-state index contributed by atoms with van der Waals surface area (Å²) in [5.74, 6) is -3.42. The number of primary amides is 1. The zero-order valence-electron chi connectivity index (χ0n) is 21.0. The number of nitrogens with zero attached hydrogens (tertiary/aromatic N) is 2. The van der Waals surface area contributed by atoms with E-state index in [2.05, 4.69) is 20.9 Å². The Morgan fingerprint density at radius 3 is 2.46 bits per heavy atom. The minimum Gasteiger partial charge on any atom is -0.363 e. The van der Waals surface area contributed by atoms with Crippen LogP contribution in [0.25, 0.3) is 0 Å². The van der Waals surface area contributed by atoms with E-state index >= 15 is 0 Å². The average molecular weight is 533 g/mol. The van der Waals surface area contributed by atoms with Crippen LogP contribution >= 0.6 is 11.3 Å². The lowest BCUT2D eigenvalue weighted by atomic mass is 10.0. The lowest BCUT2D eigenvalue weighted by Gasteiger charge is -2.18. The first-order valence-corrected chi connectivity index (χ1v) is 12.8. The molecule has 4 amide bonds. The molecule has 0 saturated carbocycles. The summed E-state index contributed by atoms with van der Waals surface area (Å²) in [6.07, 6.45) is 2.65. The number of Topliss-reactive ketones (excluding diaryl/α,β-unsaturated/α-hetero) is 1. The maximum atomic E-state index is 13.0. The topological polar surface area (TPSA) is 182 Å². The predicted octanol–water partition coefficient (Wildman–Crippen LogP) is 0.737. The van der Waals surface area contributed by atoms with E-state index in [9.17, 15) is 28.8 Å². The van der Waals surface area contributed by atoms with E-state index in [0.29, 0.717) is 18.2 Å². The summed E-state index contributed by atoms with van der Waals surface area (Å²) in [5.41, 5.74) is 6.19. The fourth-order valence-corrected chi connectivity index (χ4v) is 4.14. The van der Waals surface area contributed by atoms with E-state index in [4.69, 9.17) is 5.73 Å². The number of hydrogen-bond donors (Lipinski definition) is 4. The van der Waals surface area contributed by atoms with Crippen LogP contribution in [0.1, 0.15) is 54.9 Å². The van der Waals surface area contributed by atoms with Crippen LogP contribution in [0.5, 0.6) is 0 Å². The molecule has 0 aliphatic carbocycles. The molecule has 0 aromatic carbocycles. The van der Waals surface area contributed by atoms with Gasteiger partial charge in [0.1, 0.15) is 23.2 Å². The van der Waals surface area contributed by atoms with Gasteiger partial charge in [-0.1, -0.05) is 26.7 Å². The Balaban J connectivity index is 2.15. The van der Waals surface area contributed by atoms with Crippen molar-refractivity contribution in [2.24, 2.45) is 11.7 Å². The van der Waals surface area contributed by atoms with Crippen molar-refractivity contribution in [3.63, 3.8) is 0 Å². The third kappa shape index (κ3) is 8.63. The van der Waals surface area contributed by atoms with Crippen molar-refractivity contribution in [2.45, 2.75) is 59.0 Å². The van der Waals surface area contributed by atoms with E-state index in [1.165, 1.54) is 23.8 Å². The van der Waals surface area contributed by atoms with Crippen LogP contribution in [0, 0.1) is 12.8 Å². The lowest BCUT2D eigenvalue weighted by molar-refractivity contribution is -0.136. The number of anilines is 1. The predicted molar refractivity (Wildman–Crippen MR) is 138 cm³/mol. The van der Waals surface area contributed by atoms with E-state index < -0.39 is 35.1 Å². The van der Waals surface area contributed by atoms with Gasteiger partial charge in [0.2, 0.25) is 17.6 Å². The first-order valence-electron chi connectivity index (χ1n) is 11.9. The van der Waals surface area contributed by atoms with E-state index in [-0.39, 0.29) is 35.9 Å². The molecule has 1 atom stereocenters. The van der Waals surface area contributed by atoms with Gasteiger partial charge < -0.3 is 26.3 Å². The second-order valence-corrected chi connectivity index (χ2v) is 9.30. The van der Waals surface area contributed by atoms with Gasteiger partial charge in [0.15, 0.2) is 0 Å². The van der Waals surface area contributed by atoms with Crippen molar-refractivity contribution in [1.29, 1.82) is 0 Å². The van der Waals surface area contributed by atoms with Gasteiger partial charge in [-0.15, -0.1) is 11.3 Å². The quantitative estimate of drug-likeness (QED) is 0.259. The molecule has 13 heteroatoms. The number of rotatable bonds is 14. The molecule has 2 heterocycles. The number of aromatic nitrogens is 2. The monoisotopic (exact) mass is 532 g/mol. The smallest absolute Gasteiger partial charge is 0.284 e. The summed E-state index contributed by atoms with van der Waals surface area (Å²) >= 11 is 1.08. The van der Waals surface area contributed by atoms with Crippen LogP contribution in [-0.2, 0) is 25.7 Å². The van der Waals surface area contributed by atoms with Crippen LogP contribution in [0.3, 0.4) is 0 Å². The highest BCUT2D eigenvalue weighted by Gasteiger charge is 2.26. The van der Waals surface area contributed by atoms with Crippen molar-refractivity contribution in [3.05, 3.63) is 44.8 Å². The molecule has 2 rings (SSSR count). The van der Waals surface area contributed by atoms with E-state index in [1.54, 1.807) is 6.92 Å². The van der Waals surface area contributed by atoms with Gasteiger partial charge in [-0.2, -0.15) is 0 Å². The molecule has 0 radical (unpaired) electrons. The zero-order chi connectivity index (χ0) is 27.5. The molecule has 37 heavy (non-hydrogen) atoms. The van der Waals surface area contributed by atoms with Crippen LogP contribution in [-0.4, -0.2) is 51.5 Å². The Hall–Kier alpha value is -3.87. The molecule has 5 N–H and O–H groups in total. The number of hydrogen-bond acceptors (Lipinski definition) is 8. The van der Waals surface area contributed by atoms with Gasteiger partial charge in [0.05, 0.1) is 11.2 Å². The Morgan fingerprint density at radius 1 is 1.16 bits per heavy atom. The number of nitrogens with two attached hydrogens (primary N) is 1. The minimum absolute atomic E-state index is 0.116. The molecule has 1 unspecified atom stereocenters. The van der Waals surface area contributed by atoms with Crippen LogP contribution in [0.15, 0.2) is 28.6 Å². The molecule has 0 spiro atoms. The second kappa shape index (κ2) is 14.0. The molecular formula is C24H32N6O6S. The first-order chi connectivity index (χ1) is 17.6.